The lowest BCUT2D eigenvalue weighted by Gasteiger charge is -2.26. The van der Waals surface area contributed by atoms with Crippen molar-refractivity contribution in [1.29, 1.82) is 0 Å². The summed E-state index contributed by atoms with van der Waals surface area (Å²) >= 11 is 0. The number of carbonyl (C=O) groups is 1. The van der Waals surface area contributed by atoms with Gasteiger partial charge in [0.25, 0.3) is 5.56 Å². The molecular formula is C26H33N3O4. The van der Waals surface area contributed by atoms with E-state index in [2.05, 4.69) is 22.0 Å². The van der Waals surface area contributed by atoms with E-state index in [4.69, 9.17) is 9.47 Å². The van der Waals surface area contributed by atoms with Gasteiger partial charge in [0.15, 0.2) is 0 Å². The Hall–Kier alpha value is -2.93. The van der Waals surface area contributed by atoms with Gasteiger partial charge in [-0.25, -0.2) is 4.79 Å². The van der Waals surface area contributed by atoms with Gasteiger partial charge in [0.1, 0.15) is 11.3 Å². The zero-order chi connectivity index (χ0) is 23.0. The third kappa shape index (κ3) is 5.90. The summed E-state index contributed by atoms with van der Waals surface area (Å²) in [5, 5.41) is 0. The summed E-state index contributed by atoms with van der Waals surface area (Å²) in [6, 6.07) is 5.38. The summed E-state index contributed by atoms with van der Waals surface area (Å²) in [5.74, 6) is 0.536. The van der Waals surface area contributed by atoms with Gasteiger partial charge in [-0.3, -0.25) is 9.78 Å². The molecule has 0 amide bonds. The van der Waals surface area contributed by atoms with Crippen LogP contribution in [0.15, 0.2) is 47.5 Å². The number of carbonyl (C=O) groups excluding carboxylic acids is 1. The molecule has 2 aromatic rings. The molecule has 33 heavy (non-hydrogen) atoms. The molecule has 176 valence electrons. The van der Waals surface area contributed by atoms with Gasteiger partial charge in [-0.05, 0) is 49.7 Å². The van der Waals surface area contributed by atoms with Crippen LogP contribution in [-0.4, -0.2) is 53.8 Å². The SMILES string of the molecule is COC(=O)c1c(OCCCc2cccnc2)cc(=O)n2c1CCN(C[C@@H]1CC=CCC1)CC2. The maximum absolute atomic E-state index is 12.9. The molecule has 1 atom stereocenters. The number of hydrogen-bond acceptors (Lipinski definition) is 6. The standard InChI is InChI=1S/C26H33N3O4/c1-32-26(31)25-22-11-13-28(19-21-7-3-2-4-8-21)14-15-29(22)24(30)17-23(25)33-16-6-10-20-9-5-12-27-18-20/h2-3,5,9,12,17-18,21H,4,6-8,10-11,13-16,19H2,1H3/t21-/m1/s1. The number of methoxy groups -OCH3 is 1. The van der Waals surface area contributed by atoms with Crippen molar-refractivity contribution in [2.75, 3.05) is 33.4 Å². The predicted molar refractivity (Wildman–Crippen MR) is 127 cm³/mol. The second-order valence-electron chi connectivity index (χ2n) is 8.83. The first kappa shape index (κ1) is 23.2. The highest BCUT2D eigenvalue weighted by molar-refractivity contribution is 5.93. The number of aromatic nitrogens is 2. The highest BCUT2D eigenvalue weighted by Crippen LogP contribution is 2.25. The molecular weight excluding hydrogens is 418 g/mol. The Labute approximate surface area is 195 Å². The molecule has 0 fully saturated rings. The maximum atomic E-state index is 12.9. The number of pyridine rings is 2. The molecule has 4 rings (SSSR count). The van der Waals surface area contributed by atoms with E-state index in [0.717, 1.165) is 56.6 Å². The second-order valence-corrected chi connectivity index (χ2v) is 8.83. The molecule has 1 aliphatic carbocycles. The van der Waals surface area contributed by atoms with Crippen molar-refractivity contribution in [2.45, 2.75) is 45.1 Å². The molecule has 0 spiro atoms. The van der Waals surface area contributed by atoms with Crippen LogP contribution in [0.1, 0.15) is 47.3 Å². The third-order valence-electron chi connectivity index (χ3n) is 6.56. The fraction of sp³-hybridized carbons (Fsp3) is 0.500. The summed E-state index contributed by atoms with van der Waals surface area (Å²) in [6.45, 7) is 3.62. The quantitative estimate of drug-likeness (QED) is 0.349. The highest BCUT2D eigenvalue weighted by Gasteiger charge is 2.26. The number of nitrogens with zero attached hydrogens (tertiary/aromatic N) is 3. The van der Waals surface area contributed by atoms with Gasteiger partial charge in [-0.2, -0.15) is 0 Å². The Morgan fingerprint density at radius 3 is 2.91 bits per heavy atom. The summed E-state index contributed by atoms with van der Waals surface area (Å²) in [5.41, 5.74) is 2.12. The van der Waals surface area contributed by atoms with Crippen molar-refractivity contribution in [3.05, 3.63) is 69.9 Å². The van der Waals surface area contributed by atoms with Crippen LogP contribution >= 0.6 is 0 Å². The van der Waals surface area contributed by atoms with E-state index in [1.807, 2.05) is 18.3 Å². The lowest BCUT2D eigenvalue weighted by atomic mass is 9.94. The van der Waals surface area contributed by atoms with Crippen molar-refractivity contribution in [3.63, 3.8) is 0 Å². The fourth-order valence-electron chi connectivity index (χ4n) is 4.80. The molecule has 7 heteroatoms. The zero-order valence-corrected chi connectivity index (χ0v) is 19.4. The van der Waals surface area contributed by atoms with E-state index in [1.54, 1.807) is 10.8 Å². The molecule has 3 heterocycles. The normalized spacial score (nSPS) is 18.4. The molecule has 0 saturated heterocycles. The first-order valence-corrected chi connectivity index (χ1v) is 11.9. The van der Waals surface area contributed by atoms with Crippen LogP contribution in [0.2, 0.25) is 0 Å². The topological polar surface area (TPSA) is 73.7 Å². The summed E-state index contributed by atoms with van der Waals surface area (Å²) in [4.78, 5) is 32.2. The van der Waals surface area contributed by atoms with Crippen molar-refractivity contribution in [1.82, 2.24) is 14.5 Å². The lowest BCUT2D eigenvalue weighted by molar-refractivity contribution is 0.0593. The molecule has 0 unspecified atom stereocenters. The van der Waals surface area contributed by atoms with Gasteiger partial charge in [-0.1, -0.05) is 18.2 Å². The molecule has 0 bridgehead atoms. The Morgan fingerprint density at radius 1 is 1.24 bits per heavy atom. The summed E-state index contributed by atoms with van der Waals surface area (Å²) < 4.78 is 12.8. The van der Waals surface area contributed by atoms with Crippen LogP contribution in [0.25, 0.3) is 0 Å². The number of fused-ring (bicyclic) bond motifs is 1. The molecule has 0 aromatic carbocycles. The number of esters is 1. The van der Waals surface area contributed by atoms with Crippen LogP contribution in [0.4, 0.5) is 0 Å². The van der Waals surface area contributed by atoms with Gasteiger partial charge in [0.05, 0.1) is 13.7 Å². The highest BCUT2D eigenvalue weighted by atomic mass is 16.5. The second kappa shape index (κ2) is 11.3. The summed E-state index contributed by atoms with van der Waals surface area (Å²) in [7, 11) is 1.37. The summed E-state index contributed by atoms with van der Waals surface area (Å²) in [6.07, 6.45) is 13.8. The molecule has 7 nitrogen and oxygen atoms in total. The van der Waals surface area contributed by atoms with Crippen LogP contribution < -0.4 is 10.3 Å². The van der Waals surface area contributed by atoms with E-state index < -0.39 is 5.97 Å². The van der Waals surface area contributed by atoms with Crippen LogP contribution in [0.5, 0.6) is 5.75 Å². The smallest absolute Gasteiger partial charge is 0.343 e. The first-order chi connectivity index (χ1) is 16.2. The minimum Gasteiger partial charge on any atom is -0.492 e. The number of aryl methyl sites for hydroxylation is 1. The van der Waals surface area contributed by atoms with Gasteiger partial charge < -0.3 is 18.9 Å². The zero-order valence-electron chi connectivity index (χ0n) is 19.4. The molecule has 0 saturated carbocycles. The third-order valence-corrected chi connectivity index (χ3v) is 6.56. The van der Waals surface area contributed by atoms with Crippen molar-refractivity contribution < 1.29 is 14.3 Å². The Morgan fingerprint density at radius 2 is 2.15 bits per heavy atom. The fourth-order valence-corrected chi connectivity index (χ4v) is 4.80. The van der Waals surface area contributed by atoms with E-state index in [-0.39, 0.29) is 5.56 Å². The Balaban J connectivity index is 1.48. The van der Waals surface area contributed by atoms with Crippen LogP contribution in [0, 0.1) is 5.92 Å². The monoisotopic (exact) mass is 451 g/mol. The van der Waals surface area contributed by atoms with Crippen molar-refractivity contribution >= 4 is 5.97 Å². The number of hydrogen-bond donors (Lipinski definition) is 0. The lowest BCUT2D eigenvalue weighted by Crippen LogP contribution is -2.33. The number of rotatable bonds is 8. The molecule has 2 aliphatic rings. The number of allylic oxidation sites excluding steroid dienone is 2. The maximum Gasteiger partial charge on any atom is 0.343 e. The van der Waals surface area contributed by atoms with Crippen LogP contribution in [0.3, 0.4) is 0 Å². The Kier molecular flexibility index (Phi) is 7.94. The van der Waals surface area contributed by atoms with Gasteiger partial charge in [-0.15, -0.1) is 0 Å². The Bertz CT molecular complexity index is 1030. The molecule has 1 aliphatic heterocycles. The number of ether oxygens (including phenoxy) is 2. The van der Waals surface area contributed by atoms with E-state index >= 15 is 0 Å². The van der Waals surface area contributed by atoms with E-state index in [0.29, 0.717) is 36.8 Å². The van der Waals surface area contributed by atoms with Gasteiger partial charge >= 0.3 is 5.97 Å². The van der Waals surface area contributed by atoms with E-state index in [9.17, 15) is 9.59 Å². The predicted octanol–water partition coefficient (Wildman–Crippen LogP) is 3.26. The van der Waals surface area contributed by atoms with Crippen molar-refractivity contribution in [2.24, 2.45) is 5.92 Å². The first-order valence-electron chi connectivity index (χ1n) is 11.9. The van der Waals surface area contributed by atoms with E-state index in [1.165, 1.54) is 19.6 Å². The minimum absolute atomic E-state index is 0.123. The van der Waals surface area contributed by atoms with Gasteiger partial charge in [0, 0.05) is 56.8 Å². The minimum atomic E-state index is -0.452. The largest absolute Gasteiger partial charge is 0.492 e. The molecule has 0 radical (unpaired) electrons. The molecule has 2 aromatic heterocycles. The van der Waals surface area contributed by atoms with Gasteiger partial charge in [0.2, 0.25) is 0 Å². The average Bonchev–Trinajstić information content (AvgIpc) is 3.06. The molecule has 0 N–H and O–H groups in total. The van der Waals surface area contributed by atoms with Crippen LogP contribution in [-0.2, 0) is 24.1 Å². The average molecular weight is 452 g/mol. The van der Waals surface area contributed by atoms with Crippen molar-refractivity contribution in [3.8, 4) is 5.75 Å².